The minimum Gasteiger partial charge on any atom is -0.228 e. The lowest BCUT2D eigenvalue weighted by molar-refractivity contribution is 0.661. The van der Waals surface area contributed by atoms with Crippen LogP contribution in [0.1, 0.15) is 25.0 Å². The Kier molecular flexibility index (Phi) is 7.79. The Morgan fingerprint density at radius 3 is 1.87 bits per heavy atom. The molecule has 0 saturated carbocycles. The Morgan fingerprint density at radius 1 is 0.383 bits per heavy atom. The maximum Gasteiger partial charge on any atom is 0.160 e. The number of thiophene rings is 1. The van der Waals surface area contributed by atoms with Crippen molar-refractivity contribution in [1.82, 2.24) is 9.97 Å². The van der Waals surface area contributed by atoms with Gasteiger partial charge in [-0.25, -0.2) is 9.97 Å². The molecule has 12 rings (SSSR count). The predicted molar refractivity (Wildman–Crippen MR) is 255 cm³/mol. The summed E-state index contributed by atoms with van der Waals surface area (Å²) >= 11 is 1.87. The highest BCUT2D eigenvalue weighted by Crippen LogP contribution is 2.53. The number of nitrogens with zero attached hydrogens (tertiary/aromatic N) is 2. The van der Waals surface area contributed by atoms with Gasteiger partial charge in [-0.2, -0.15) is 0 Å². The van der Waals surface area contributed by atoms with E-state index in [0.29, 0.717) is 0 Å². The van der Waals surface area contributed by atoms with Gasteiger partial charge < -0.3 is 0 Å². The lowest BCUT2D eigenvalue weighted by Gasteiger charge is -2.22. The van der Waals surface area contributed by atoms with Gasteiger partial charge in [-0.15, -0.1) is 11.3 Å². The monoisotopic (exact) mass is 782 g/mol. The first-order valence-corrected chi connectivity index (χ1v) is 21.5. The van der Waals surface area contributed by atoms with Crippen LogP contribution in [0.2, 0.25) is 0 Å². The van der Waals surface area contributed by atoms with Gasteiger partial charge in [0.25, 0.3) is 0 Å². The highest BCUT2D eigenvalue weighted by atomic mass is 32.1. The Bertz CT molecular complexity index is 3520. The van der Waals surface area contributed by atoms with E-state index in [1.165, 1.54) is 86.2 Å². The van der Waals surface area contributed by atoms with Crippen molar-refractivity contribution in [2.45, 2.75) is 19.3 Å². The van der Waals surface area contributed by atoms with Crippen molar-refractivity contribution in [2.75, 3.05) is 0 Å². The number of hydrogen-bond donors (Lipinski definition) is 0. The Hall–Kier alpha value is -7.20. The van der Waals surface area contributed by atoms with Crippen LogP contribution in [-0.2, 0) is 5.41 Å². The molecule has 0 fully saturated rings. The van der Waals surface area contributed by atoms with E-state index in [0.717, 1.165) is 33.9 Å². The molecule has 0 unspecified atom stereocenters. The molecule has 2 heterocycles. The predicted octanol–water partition coefficient (Wildman–Crippen LogP) is 15.8. The molecule has 0 radical (unpaired) electrons. The van der Waals surface area contributed by atoms with E-state index in [1.807, 2.05) is 17.4 Å². The number of rotatable bonds is 5. The summed E-state index contributed by atoms with van der Waals surface area (Å²) in [6.07, 6.45) is 0. The van der Waals surface area contributed by atoms with Crippen molar-refractivity contribution in [1.29, 1.82) is 0 Å². The normalized spacial score (nSPS) is 13.0. The van der Waals surface area contributed by atoms with Crippen LogP contribution in [-0.4, -0.2) is 9.97 Å². The average Bonchev–Trinajstić information content (AvgIpc) is 3.79. The topological polar surface area (TPSA) is 25.8 Å². The van der Waals surface area contributed by atoms with Crippen LogP contribution in [0.5, 0.6) is 0 Å². The molecule has 0 bridgehead atoms. The molecule has 0 saturated heterocycles. The van der Waals surface area contributed by atoms with Gasteiger partial charge in [0.05, 0.1) is 11.4 Å². The quantitative estimate of drug-likeness (QED) is 0.174. The molecular formula is C57H38N2S. The Labute approximate surface area is 353 Å². The van der Waals surface area contributed by atoms with E-state index in [2.05, 4.69) is 202 Å². The fourth-order valence-electron chi connectivity index (χ4n) is 9.60. The second kappa shape index (κ2) is 13.4. The molecule has 282 valence electrons. The first kappa shape index (κ1) is 34.8. The summed E-state index contributed by atoms with van der Waals surface area (Å²) in [5, 5.41) is 7.54. The van der Waals surface area contributed by atoms with E-state index in [1.54, 1.807) is 0 Å². The van der Waals surface area contributed by atoms with Gasteiger partial charge in [-0.05, 0) is 115 Å². The van der Waals surface area contributed by atoms with Crippen molar-refractivity contribution in [2.24, 2.45) is 0 Å². The van der Waals surface area contributed by atoms with Crippen LogP contribution in [0.25, 0.3) is 109 Å². The van der Waals surface area contributed by atoms with Crippen LogP contribution in [0.4, 0.5) is 0 Å². The van der Waals surface area contributed by atoms with E-state index >= 15 is 0 Å². The van der Waals surface area contributed by atoms with Crippen molar-refractivity contribution in [3.63, 3.8) is 0 Å². The lowest BCUT2D eigenvalue weighted by atomic mass is 9.81. The Morgan fingerprint density at radius 2 is 1.00 bits per heavy atom. The maximum atomic E-state index is 5.31. The molecule has 9 aromatic carbocycles. The molecule has 1 aliphatic rings. The summed E-state index contributed by atoms with van der Waals surface area (Å²) in [5.41, 5.74) is 15.0. The molecule has 60 heavy (non-hydrogen) atoms. The number of hydrogen-bond acceptors (Lipinski definition) is 3. The summed E-state index contributed by atoms with van der Waals surface area (Å²) in [4.78, 5) is 10.6. The summed E-state index contributed by atoms with van der Waals surface area (Å²) < 4.78 is 2.65. The summed E-state index contributed by atoms with van der Waals surface area (Å²) in [5.74, 6) is 0.721. The van der Waals surface area contributed by atoms with Gasteiger partial charge in [-0.1, -0.05) is 159 Å². The molecule has 0 amide bonds. The minimum absolute atomic E-state index is 0.145. The van der Waals surface area contributed by atoms with E-state index in [4.69, 9.17) is 9.97 Å². The van der Waals surface area contributed by atoms with Gasteiger partial charge >= 0.3 is 0 Å². The zero-order chi connectivity index (χ0) is 40.0. The van der Waals surface area contributed by atoms with Crippen molar-refractivity contribution < 1.29 is 0 Å². The molecular weight excluding hydrogens is 745 g/mol. The number of benzene rings is 9. The smallest absolute Gasteiger partial charge is 0.160 e. The third kappa shape index (κ3) is 5.54. The van der Waals surface area contributed by atoms with Gasteiger partial charge in [-0.3, -0.25) is 0 Å². The largest absolute Gasteiger partial charge is 0.228 e. The molecule has 3 heteroatoms. The fraction of sp³-hybridized carbons (Fsp3) is 0.0526. The number of aromatic nitrogens is 2. The van der Waals surface area contributed by atoms with Gasteiger partial charge in [0, 0.05) is 42.3 Å². The standard InChI is InChI=1S/C57H38N2S/c1-57(2)48-22-11-21-45(54(48)47-32-37-15-6-7-16-38(37)33-49(47)57)51-34-50(58-56(59-51)35-13-4-3-5-14-35)43-28-27-40-29-39(25-26-41(40)31-43)36-17-10-18-42(30-36)44-20-12-24-53-55(44)46-19-8-9-23-52(46)60-53/h3-34H,1-2H3. The first-order chi connectivity index (χ1) is 29.5. The molecule has 0 spiro atoms. The van der Waals surface area contributed by atoms with Crippen molar-refractivity contribution >= 4 is 53.1 Å². The third-order valence-electron chi connectivity index (χ3n) is 12.6. The second-order valence-electron chi connectivity index (χ2n) is 16.6. The lowest BCUT2D eigenvalue weighted by Crippen LogP contribution is -2.14. The van der Waals surface area contributed by atoms with Crippen LogP contribution in [0.3, 0.4) is 0 Å². The van der Waals surface area contributed by atoms with Crippen molar-refractivity contribution in [3.05, 3.63) is 205 Å². The summed E-state index contributed by atoms with van der Waals surface area (Å²) in [6.45, 7) is 4.70. The van der Waals surface area contributed by atoms with Crippen LogP contribution in [0, 0.1) is 0 Å². The summed E-state index contributed by atoms with van der Waals surface area (Å²) in [7, 11) is 0. The SMILES string of the molecule is CC1(C)c2cc3ccccc3cc2-c2c(-c3cc(-c4ccc5cc(-c6cccc(-c7cccc8sc9ccccc9c78)c6)ccc5c4)nc(-c4ccccc4)n3)cccc21. The average molecular weight is 783 g/mol. The number of fused-ring (bicyclic) bond motifs is 8. The van der Waals surface area contributed by atoms with E-state index in [9.17, 15) is 0 Å². The molecule has 2 nitrogen and oxygen atoms in total. The molecule has 0 atom stereocenters. The first-order valence-electron chi connectivity index (χ1n) is 20.6. The fourth-order valence-corrected chi connectivity index (χ4v) is 10.7. The van der Waals surface area contributed by atoms with Gasteiger partial charge in [0.2, 0.25) is 0 Å². The van der Waals surface area contributed by atoms with E-state index < -0.39 is 0 Å². The Balaban J connectivity index is 0.958. The molecule has 2 aromatic heterocycles. The van der Waals surface area contributed by atoms with Crippen LogP contribution in [0.15, 0.2) is 194 Å². The van der Waals surface area contributed by atoms with Gasteiger partial charge in [0.1, 0.15) is 0 Å². The van der Waals surface area contributed by atoms with Crippen molar-refractivity contribution in [3.8, 4) is 67.3 Å². The summed E-state index contributed by atoms with van der Waals surface area (Å²) in [6, 6.07) is 70.7. The zero-order valence-electron chi connectivity index (χ0n) is 33.3. The van der Waals surface area contributed by atoms with Crippen LogP contribution < -0.4 is 0 Å². The highest BCUT2D eigenvalue weighted by Gasteiger charge is 2.37. The van der Waals surface area contributed by atoms with E-state index in [-0.39, 0.29) is 5.41 Å². The molecule has 0 N–H and O–H groups in total. The second-order valence-corrected chi connectivity index (χ2v) is 17.6. The third-order valence-corrected chi connectivity index (χ3v) is 13.8. The minimum atomic E-state index is -0.145. The van der Waals surface area contributed by atoms with Crippen LogP contribution >= 0.6 is 11.3 Å². The molecule has 11 aromatic rings. The molecule has 0 aliphatic heterocycles. The highest BCUT2D eigenvalue weighted by molar-refractivity contribution is 7.25. The zero-order valence-corrected chi connectivity index (χ0v) is 34.1. The maximum absolute atomic E-state index is 5.31. The van der Waals surface area contributed by atoms with Gasteiger partial charge in [0.15, 0.2) is 5.82 Å². The molecule has 1 aliphatic carbocycles.